The van der Waals surface area contributed by atoms with Crippen LogP contribution in [0.5, 0.6) is 0 Å². The zero-order valence-corrected chi connectivity index (χ0v) is 18.4. The van der Waals surface area contributed by atoms with Gasteiger partial charge in [0.1, 0.15) is 24.4 Å². The van der Waals surface area contributed by atoms with Crippen molar-refractivity contribution in [2.45, 2.75) is 127 Å². The van der Waals surface area contributed by atoms with Crippen LogP contribution in [0.3, 0.4) is 0 Å². The molecule has 0 amide bonds. The smallest absolute Gasteiger partial charge is 0.227 e. The van der Waals surface area contributed by atoms with Crippen LogP contribution in [0.4, 0.5) is 0 Å². The summed E-state index contributed by atoms with van der Waals surface area (Å²) in [6.07, 6.45) is 14.5. The summed E-state index contributed by atoms with van der Waals surface area (Å²) in [5, 5.41) is 21.1. The van der Waals surface area contributed by atoms with Crippen LogP contribution < -0.4 is 0 Å². The molecule has 0 bridgehead atoms. The molecule has 6 heteroatoms. The van der Waals surface area contributed by atoms with Crippen LogP contribution in [0.15, 0.2) is 4.99 Å². The minimum absolute atomic E-state index is 0.121. The Kier molecular flexibility index (Phi) is 5.89. The predicted molar refractivity (Wildman–Crippen MR) is 113 cm³/mol. The highest BCUT2D eigenvalue weighted by Crippen LogP contribution is 2.59. The molecule has 6 nitrogen and oxygen atoms in total. The number of ether oxygens (including phenoxy) is 3. The number of nitrogens with zero attached hydrogens (tertiary/aromatic N) is 1. The lowest BCUT2D eigenvalue weighted by molar-refractivity contribution is -0.262. The van der Waals surface area contributed by atoms with E-state index in [1.807, 2.05) is 0 Å². The lowest BCUT2D eigenvalue weighted by Crippen LogP contribution is -2.59. The number of aliphatic hydroxyl groups excluding tert-OH is 2. The third kappa shape index (κ3) is 3.94. The second-order valence-electron chi connectivity index (χ2n) is 10.9. The van der Waals surface area contributed by atoms with E-state index in [1.54, 1.807) is 6.92 Å². The van der Waals surface area contributed by atoms with Gasteiger partial charge >= 0.3 is 0 Å². The van der Waals surface area contributed by atoms with Crippen molar-refractivity contribution < 1.29 is 24.4 Å². The van der Waals surface area contributed by atoms with Crippen molar-refractivity contribution in [1.29, 1.82) is 0 Å². The molecule has 2 spiro atoms. The number of hydrogen-bond donors (Lipinski definition) is 2. The number of aliphatic imine (C=N–C) groups is 1. The lowest BCUT2D eigenvalue weighted by Gasteiger charge is -2.55. The maximum absolute atomic E-state index is 11.1. The van der Waals surface area contributed by atoms with Crippen LogP contribution in [0, 0.1) is 10.8 Å². The zero-order chi connectivity index (χ0) is 20.8. The Morgan fingerprint density at radius 2 is 1.60 bits per heavy atom. The van der Waals surface area contributed by atoms with Crippen molar-refractivity contribution in [2.75, 3.05) is 6.61 Å². The molecular formula is C24H39NO5. The lowest BCUT2D eigenvalue weighted by atomic mass is 9.53. The van der Waals surface area contributed by atoms with Gasteiger partial charge < -0.3 is 24.4 Å². The third-order valence-electron chi connectivity index (χ3n) is 8.69. The van der Waals surface area contributed by atoms with Crippen molar-refractivity contribution in [3.63, 3.8) is 0 Å². The first-order valence-corrected chi connectivity index (χ1v) is 12.3. The van der Waals surface area contributed by atoms with Gasteiger partial charge in [0.25, 0.3) is 0 Å². The van der Waals surface area contributed by atoms with E-state index in [9.17, 15) is 10.2 Å². The van der Waals surface area contributed by atoms with E-state index in [4.69, 9.17) is 14.2 Å². The van der Waals surface area contributed by atoms with E-state index in [2.05, 4.69) is 4.99 Å². The van der Waals surface area contributed by atoms with Crippen LogP contribution in [0.2, 0.25) is 0 Å². The number of aliphatic hydroxyl groups is 2. The molecule has 170 valence electrons. The molecule has 5 aliphatic rings. The quantitative estimate of drug-likeness (QED) is 0.726. The van der Waals surface area contributed by atoms with Crippen LogP contribution in [-0.2, 0) is 14.2 Å². The van der Waals surface area contributed by atoms with Crippen LogP contribution >= 0.6 is 0 Å². The van der Waals surface area contributed by atoms with E-state index in [-0.39, 0.29) is 12.7 Å². The van der Waals surface area contributed by atoms with E-state index in [1.165, 1.54) is 70.6 Å². The van der Waals surface area contributed by atoms with E-state index < -0.39 is 30.6 Å². The van der Waals surface area contributed by atoms with Crippen LogP contribution in [0.25, 0.3) is 0 Å². The molecule has 0 radical (unpaired) electrons. The molecule has 1 saturated heterocycles. The second kappa shape index (κ2) is 8.34. The number of rotatable bonds is 3. The van der Waals surface area contributed by atoms with Crippen molar-refractivity contribution >= 4 is 5.90 Å². The molecule has 0 aromatic heterocycles. The highest BCUT2D eigenvalue weighted by molar-refractivity contribution is 5.75. The Labute approximate surface area is 180 Å². The summed E-state index contributed by atoms with van der Waals surface area (Å²) in [6.45, 7) is 1.59. The SMILES string of the molecule is CC1=NC2C(O1)OC(CO)C(OC1CC3(CCCCC3)CC3(CCCCC3)C1)C2O. The Morgan fingerprint density at radius 3 is 2.17 bits per heavy atom. The van der Waals surface area contributed by atoms with Gasteiger partial charge in [0, 0.05) is 6.92 Å². The monoisotopic (exact) mass is 421 g/mol. The summed E-state index contributed by atoms with van der Waals surface area (Å²) >= 11 is 0. The fraction of sp³-hybridized carbons (Fsp3) is 0.958. The Balaban J connectivity index is 1.36. The van der Waals surface area contributed by atoms with E-state index in [0.29, 0.717) is 16.7 Å². The topological polar surface area (TPSA) is 80.5 Å². The fourth-order valence-electron chi connectivity index (χ4n) is 7.53. The number of fused-ring (bicyclic) bond motifs is 1. The van der Waals surface area contributed by atoms with Gasteiger partial charge in [0.15, 0.2) is 5.90 Å². The Hall–Kier alpha value is -0.690. The van der Waals surface area contributed by atoms with Crippen molar-refractivity contribution in [3.8, 4) is 0 Å². The molecule has 2 aliphatic heterocycles. The zero-order valence-electron chi connectivity index (χ0n) is 18.4. The summed E-state index contributed by atoms with van der Waals surface area (Å²) in [4.78, 5) is 4.43. The highest BCUT2D eigenvalue weighted by Gasteiger charge is 2.53. The van der Waals surface area contributed by atoms with Crippen molar-refractivity contribution in [3.05, 3.63) is 0 Å². The number of hydrogen-bond acceptors (Lipinski definition) is 6. The van der Waals surface area contributed by atoms with E-state index in [0.717, 1.165) is 12.8 Å². The summed E-state index contributed by atoms with van der Waals surface area (Å²) in [7, 11) is 0. The highest BCUT2D eigenvalue weighted by atomic mass is 16.7. The van der Waals surface area contributed by atoms with Gasteiger partial charge in [-0.15, -0.1) is 0 Å². The molecule has 5 unspecified atom stereocenters. The van der Waals surface area contributed by atoms with Gasteiger partial charge in [0.05, 0.1) is 12.7 Å². The normalized spacial score (nSPS) is 42.6. The summed E-state index contributed by atoms with van der Waals surface area (Å²) in [6, 6.07) is -0.464. The summed E-state index contributed by atoms with van der Waals surface area (Å²) in [5.74, 6) is 0.529. The standard InChI is InChI=1S/C24H39NO5/c1-16-25-19-20(27)21(18(14-26)30-22(19)28-16)29-17-12-23(8-4-2-5-9-23)15-24(13-17)10-6-3-7-11-24/h17-22,26-27H,2-15H2,1H3. The molecule has 0 aromatic carbocycles. The minimum atomic E-state index is -0.815. The van der Waals surface area contributed by atoms with Gasteiger partial charge in [-0.2, -0.15) is 0 Å². The van der Waals surface area contributed by atoms with Crippen LogP contribution in [-0.4, -0.2) is 59.5 Å². The van der Waals surface area contributed by atoms with Crippen LogP contribution in [0.1, 0.15) is 90.4 Å². The molecule has 30 heavy (non-hydrogen) atoms. The molecule has 5 rings (SSSR count). The average Bonchev–Trinajstić information content (AvgIpc) is 3.11. The summed E-state index contributed by atoms with van der Waals surface area (Å²) in [5.41, 5.74) is 0.808. The first-order valence-electron chi connectivity index (χ1n) is 12.3. The van der Waals surface area contributed by atoms with Crippen molar-refractivity contribution in [1.82, 2.24) is 0 Å². The first-order chi connectivity index (χ1) is 14.5. The minimum Gasteiger partial charge on any atom is -0.450 e. The molecule has 5 atom stereocenters. The van der Waals surface area contributed by atoms with Crippen molar-refractivity contribution in [2.24, 2.45) is 15.8 Å². The maximum atomic E-state index is 11.1. The average molecular weight is 422 g/mol. The van der Waals surface area contributed by atoms with Gasteiger partial charge in [-0.1, -0.05) is 38.5 Å². The molecule has 0 aromatic rings. The largest absolute Gasteiger partial charge is 0.450 e. The van der Waals surface area contributed by atoms with Gasteiger partial charge in [-0.3, -0.25) is 0 Å². The Morgan fingerprint density at radius 1 is 1.00 bits per heavy atom. The molecule has 3 aliphatic carbocycles. The Bertz CT molecular complexity index is 614. The van der Waals surface area contributed by atoms with Gasteiger partial charge in [-0.05, 0) is 55.8 Å². The maximum Gasteiger partial charge on any atom is 0.227 e. The van der Waals surface area contributed by atoms with Gasteiger partial charge in [-0.25, -0.2) is 4.99 Å². The van der Waals surface area contributed by atoms with E-state index >= 15 is 0 Å². The third-order valence-corrected chi connectivity index (χ3v) is 8.69. The molecule has 2 heterocycles. The fourth-order valence-corrected chi connectivity index (χ4v) is 7.53. The van der Waals surface area contributed by atoms with Gasteiger partial charge in [0.2, 0.25) is 6.29 Å². The predicted octanol–water partition coefficient (Wildman–Crippen LogP) is 3.72. The molecule has 4 fully saturated rings. The molecular weight excluding hydrogens is 382 g/mol. The summed E-state index contributed by atoms with van der Waals surface area (Å²) < 4.78 is 18.2. The second-order valence-corrected chi connectivity index (χ2v) is 10.9. The molecule has 3 saturated carbocycles. The molecule has 2 N–H and O–H groups in total. The first kappa shape index (κ1) is 21.2.